The molecule has 2 aromatic rings. The third-order valence-corrected chi connectivity index (χ3v) is 6.79. The molecular weight excluding hydrogens is 396 g/mol. The van der Waals surface area contributed by atoms with Gasteiger partial charge in [0.15, 0.2) is 11.5 Å². The van der Waals surface area contributed by atoms with Crippen LogP contribution in [-0.4, -0.2) is 72.4 Å². The van der Waals surface area contributed by atoms with E-state index in [-0.39, 0.29) is 6.61 Å². The van der Waals surface area contributed by atoms with Gasteiger partial charge in [0.05, 0.1) is 7.11 Å². The molecule has 0 unspecified atom stereocenters. The molecule has 2 aromatic carbocycles. The predicted molar refractivity (Wildman–Crippen MR) is 123 cm³/mol. The monoisotopic (exact) mass is 428 g/mol. The second kappa shape index (κ2) is 10.5. The summed E-state index contributed by atoms with van der Waals surface area (Å²) in [6, 6.07) is 14.8. The van der Waals surface area contributed by atoms with E-state index in [1.54, 1.807) is 7.11 Å². The molecule has 6 heteroatoms. The minimum absolute atomic E-state index is 0.280. The smallest absolute Gasteiger partial charge is 0.161 e. The summed E-state index contributed by atoms with van der Waals surface area (Å²) >= 11 is 1.98. The zero-order chi connectivity index (χ0) is 20.8. The highest BCUT2D eigenvalue weighted by atomic mass is 32.2. The third kappa shape index (κ3) is 5.70. The molecule has 0 spiro atoms. The normalized spacial score (nSPS) is 18.6. The Kier molecular flexibility index (Phi) is 7.55. The quantitative estimate of drug-likeness (QED) is 0.697. The maximum atomic E-state index is 10.4. The number of fused-ring (bicyclic) bond motifs is 1. The Labute approximate surface area is 184 Å². The summed E-state index contributed by atoms with van der Waals surface area (Å²) in [6.45, 7) is 5.97. The lowest BCUT2D eigenvalue weighted by atomic mass is 9.99. The van der Waals surface area contributed by atoms with Crippen LogP contribution in [0.5, 0.6) is 11.5 Å². The first-order chi connectivity index (χ1) is 14.7. The molecule has 1 atom stereocenters. The van der Waals surface area contributed by atoms with Crippen LogP contribution in [0.4, 0.5) is 0 Å². The van der Waals surface area contributed by atoms with Crippen molar-refractivity contribution in [3.8, 4) is 11.5 Å². The molecule has 4 rings (SSSR count). The number of hydrogen-bond acceptors (Lipinski definition) is 6. The number of benzene rings is 2. The van der Waals surface area contributed by atoms with Crippen molar-refractivity contribution in [2.75, 3.05) is 51.4 Å². The molecule has 0 bridgehead atoms. The first-order valence-electron chi connectivity index (χ1n) is 10.8. The first-order valence-corrected chi connectivity index (χ1v) is 11.9. The van der Waals surface area contributed by atoms with E-state index in [2.05, 4.69) is 46.2 Å². The summed E-state index contributed by atoms with van der Waals surface area (Å²) in [7, 11) is 1.67. The van der Waals surface area contributed by atoms with Gasteiger partial charge in [-0.15, -0.1) is 0 Å². The molecule has 1 saturated heterocycles. The van der Waals surface area contributed by atoms with Crippen LogP contribution in [0.3, 0.4) is 0 Å². The Morgan fingerprint density at radius 3 is 2.60 bits per heavy atom. The average Bonchev–Trinajstić information content (AvgIpc) is 2.78. The van der Waals surface area contributed by atoms with Crippen molar-refractivity contribution < 1.29 is 14.6 Å². The molecule has 1 N–H and O–H groups in total. The number of methoxy groups -OCH3 is 1. The summed E-state index contributed by atoms with van der Waals surface area (Å²) < 4.78 is 11.5. The van der Waals surface area contributed by atoms with Crippen LogP contribution in [-0.2, 0) is 19.5 Å². The number of thioether (sulfide) groups is 1. The number of aliphatic hydroxyl groups is 1. The first kappa shape index (κ1) is 21.5. The molecule has 2 aliphatic rings. The highest BCUT2D eigenvalue weighted by molar-refractivity contribution is 7.99. The van der Waals surface area contributed by atoms with Crippen LogP contribution in [0.15, 0.2) is 42.5 Å². The van der Waals surface area contributed by atoms with Gasteiger partial charge in [0.25, 0.3) is 0 Å². The van der Waals surface area contributed by atoms with Gasteiger partial charge in [-0.1, -0.05) is 30.3 Å². The Bertz CT molecular complexity index is 826. The van der Waals surface area contributed by atoms with Crippen LogP contribution >= 0.6 is 11.8 Å². The summed E-state index contributed by atoms with van der Waals surface area (Å²) in [5.41, 5.74) is 4.11. The van der Waals surface area contributed by atoms with Gasteiger partial charge in [-0.25, -0.2) is 0 Å². The fraction of sp³-hybridized carbons (Fsp3) is 0.500. The van der Waals surface area contributed by atoms with E-state index in [1.165, 1.54) is 16.7 Å². The van der Waals surface area contributed by atoms with Crippen molar-refractivity contribution in [3.63, 3.8) is 0 Å². The van der Waals surface area contributed by atoms with Crippen LogP contribution in [0.2, 0.25) is 0 Å². The van der Waals surface area contributed by atoms with Crippen molar-refractivity contribution in [3.05, 3.63) is 59.2 Å². The lowest BCUT2D eigenvalue weighted by Crippen LogP contribution is -2.40. The summed E-state index contributed by atoms with van der Waals surface area (Å²) in [6.07, 6.45) is 0.605. The average molecular weight is 429 g/mol. The van der Waals surface area contributed by atoms with E-state index < -0.39 is 6.10 Å². The molecule has 0 aromatic heterocycles. The zero-order valence-corrected chi connectivity index (χ0v) is 18.6. The van der Waals surface area contributed by atoms with Crippen LogP contribution in [0, 0.1) is 0 Å². The number of ether oxygens (including phenoxy) is 2. The number of hydrogen-bond donors (Lipinski definition) is 1. The third-order valence-electron chi connectivity index (χ3n) is 5.85. The topological polar surface area (TPSA) is 45.2 Å². The summed E-state index contributed by atoms with van der Waals surface area (Å²) in [5, 5.41) is 10.4. The molecule has 30 heavy (non-hydrogen) atoms. The Morgan fingerprint density at radius 2 is 1.80 bits per heavy atom. The van der Waals surface area contributed by atoms with Crippen molar-refractivity contribution in [2.24, 2.45) is 0 Å². The Morgan fingerprint density at radius 1 is 1.00 bits per heavy atom. The van der Waals surface area contributed by atoms with Gasteiger partial charge in [0.1, 0.15) is 12.7 Å². The molecule has 2 aliphatic heterocycles. The van der Waals surface area contributed by atoms with E-state index in [0.717, 1.165) is 56.4 Å². The predicted octanol–water partition coefficient (Wildman–Crippen LogP) is 3.04. The van der Waals surface area contributed by atoms with Crippen LogP contribution in [0.25, 0.3) is 0 Å². The van der Waals surface area contributed by atoms with Gasteiger partial charge in [-0.2, -0.15) is 11.8 Å². The van der Waals surface area contributed by atoms with Crippen molar-refractivity contribution in [1.29, 1.82) is 0 Å². The molecule has 0 amide bonds. The van der Waals surface area contributed by atoms with Crippen molar-refractivity contribution in [2.45, 2.75) is 25.6 Å². The van der Waals surface area contributed by atoms with E-state index >= 15 is 0 Å². The minimum atomic E-state index is -0.495. The van der Waals surface area contributed by atoms with Crippen molar-refractivity contribution in [1.82, 2.24) is 9.80 Å². The maximum absolute atomic E-state index is 10.4. The highest BCUT2D eigenvalue weighted by Gasteiger charge is 2.18. The number of β-amino-alcohol motifs (C(OH)–C–C–N with tert-alkyl or cyclic N) is 1. The van der Waals surface area contributed by atoms with Gasteiger partial charge in [0.2, 0.25) is 0 Å². The van der Waals surface area contributed by atoms with E-state index in [0.29, 0.717) is 12.3 Å². The minimum Gasteiger partial charge on any atom is -0.493 e. The largest absolute Gasteiger partial charge is 0.493 e. The lowest BCUT2D eigenvalue weighted by Gasteiger charge is -2.29. The molecule has 1 fully saturated rings. The Hall–Kier alpha value is -1.73. The summed E-state index contributed by atoms with van der Waals surface area (Å²) in [4.78, 5) is 4.78. The second-order valence-electron chi connectivity index (χ2n) is 8.09. The molecule has 2 heterocycles. The van der Waals surface area contributed by atoms with Crippen LogP contribution in [0.1, 0.15) is 16.7 Å². The molecule has 0 radical (unpaired) electrons. The highest BCUT2D eigenvalue weighted by Crippen LogP contribution is 2.29. The maximum Gasteiger partial charge on any atom is 0.161 e. The zero-order valence-electron chi connectivity index (χ0n) is 17.8. The van der Waals surface area contributed by atoms with E-state index in [4.69, 9.17) is 9.47 Å². The summed E-state index contributed by atoms with van der Waals surface area (Å²) in [5.74, 6) is 3.71. The standard InChI is InChI=1S/C24H32N2O3S/c1-28-24-14-19(15-26-9-8-20-4-2-3-5-21(20)16-26)6-7-23(24)29-18-22(27)17-25-10-12-30-13-11-25/h2-7,14,22,27H,8-13,15-18H2,1H3/t22-/m1/s1. The number of nitrogens with zero attached hydrogens (tertiary/aromatic N) is 2. The fourth-order valence-corrected chi connectivity index (χ4v) is 5.18. The molecular formula is C24H32N2O3S. The van der Waals surface area contributed by atoms with Crippen LogP contribution < -0.4 is 9.47 Å². The van der Waals surface area contributed by atoms with E-state index in [1.807, 2.05) is 17.8 Å². The second-order valence-corrected chi connectivity index (χ2v) is 9.32. The fourth-order valence-electron chi connectivity index (χ4n) is 4.20. The SMILES string of the molecule is COc1cc(CN2CCc3ccccc3C2)ccc1OC[C@H](O)CN1CCSCC1. The van der Waals surface area contributed by atoms with E-state index in [9.17, 15) is 5.11 Å². The van der Waals surface area contributed by atoms with Gasteiger partial charge < -0.3 is 14.6 Å². The number of aliphatic hydroxyl groups excluding tert-OH is 1. The molecule has 162 valence electrons. The number of rotatable bonds is 8. The van der Waals surface area contributed by atoms with Crippen molar-refractivity contribution >= 4 is 11.8 Å². The molecule has 5 nitrogen and oxygen atoms in total. The van der Waals surface area contributed by atoms with Gasteiger partial charge >= 0.3 is 0 Å². The van der Waals surface area contributed by atoms with Gasteiger partial charge in [-0.05, 0) is 35.2 Å². The molecule has 0 aliphatic carbocycles. The molecule has 0 saturated carbocycles. The Balaban J connectivity index is 1.31. The van der Waals surface area contributed by atoms with Gasteiger partial charge in [0, 0.05) is 50.8 Å². The van der Waals surface area contributed by atoms with Gasteiger partial charge in [-0.3, -0.25) is 9.80 Å². The lowest BCUT2D eigenvalue weighted by molar-refractivity contribution is 0.0704.